The van der Waals surface area contributed by atoms with Crippen molar-refractivity contribution in [3.63, 3.8) is 0 Å². The number of benzene rings is 1. The topological polar surface area (TPSA) is 47.6 Å². The minimum absolute atomic E-state index is 0.934. The Morgan fingerprint density at radius 3 is 2.00 bits per heavy atom. The van der Waals surface area contributed by atoms with E-state index in [1.807, 2.05) is 30.3 Å². The minimum Gasteiger partial charge on any atom is -0.185 e. The molecule has 0 heterocycles. The fourth-order valence-electron chi connectivity index (χ4n) is 1.46. The van der Waals surface area contributed by atoms with Crippen molar-refractivity contribution in [2.75, 3.05) is 0 Å². The molecule has 0 fully saturated rings. The number of hydrogen-bond acceptors (Lipinski definition) is 4. The van der Waals surface area contributed by atoms with Gasteiger partial charge >= 0.3 is 0 Å². The van der Waals surface area contributed by atoms with Crippen LogP contribution < -0.4 is 0 Å². The molecule has 0 aliphatic rings. The molecule has 0 spiro atoms. The number of nitriles is 2. The summed E-state index contributed by atoms with van der Waals surface area (Å²) in [6, 6.07) is 9.82. The third kappa shape index (κ3) is 3.96. The van der Waals surface area contributed by atoms with E-state index in [0.29, 0.717) is 0 Å². The van der Waals surface area contributed by atoms with Crippen molar-refractivity contribution in [1.82, 2.24) is 0 Å². The van der Waals surface area contributed by atoms with Gasteiger partial charge in [0.25, 0.3) is 0 Å². The number of hydrogen-bond donors (Lipinski definition) is 0. The Balaban J connectivity index is 3.40. The van der Waals surface area contributed by atoms with Crippen LogP contribution in [0.3, 0.4) is 0 Å². The van der Waals surface area contributed by atoms with Gasteiger partial charge in [0.1, 0.15) is 10.8 Å². The molecule has 0 aromatic heterocycles. The monoisotopic (exact) mass is 290 g/mol. The van der Waals surface area contributed by atoms with Crippen LogP contribution >= 0.6 is 23.5 Å². The van der Waals surface area contributed by atoms with Gasteiger partial charge < -0.3 is 0 Å². The normalized spacial score (nSPS) is 12.3. The van der Waals surface area contributed by atoms with Crippen LogP contribution in [0.15, 0.2) is 34.9 Å². The Morgan fingerprint density at radius 1 is 1.00 bits per heavy atom. The number of rotatable bonds is 4. The first kappa shape index (κ1) is 14.9. The Kier molecular flexibility index (Phi) is 5.55. The number of nitrogens with zero attached hydrogens (tertiary/aromatic N) is 2. The van der Waals surface area contributed by atoms with Crippen molar-refractivity contribution < 1.29 is 0 Å². The van der Waals surface area contributed by atoms with Crippen LogP contribution in [0.1, 0.15) is 5.56 Å². The summed E-state index contributed by atoms with van der Waals surface area (Å²) >= 11 is 2.35. The molecule has 5 heteroatoms. The van der Waals surface area contributed by atoms with Crippen molar-refractivity contribution >= 4 is 36.5 Å². The van der Waals surface area contributed by atoms with E-state index in [2.05, 4.69) is 30.4 Å². The number of thiocyanates is 2. The molecule has 92 valence electrons. The molecular formula is C13H14N2S2Si. The molecule has 18 heavy (non-hydrogen) atoms. The zero-order valence-corrected chi connectivity index (χ0v) is 13.2. The lowest BCUT2D eigenvalue weighted by atomic mass is 10.2. The molecule has 0 amide bonds. The van der Waals surface area contributed by atoms with Crippen molar-refractivity contribution in [2.24, 2.45) is 0 Å². The lowest BCUT2D eigenvalue weighted by molar-refractivity contribution is 1.57. The van der Waals surface area contributed by atoms with Crippen LogP contribution in [0.5, 0.6) is 0 Å². The molecular weight excluding hydrogens is 276 g/mol. The van der Waals surface area contributed by atoms with Crippen LogP contribution in [0.2, 0.25) is 19.6 Å². The van der Waals surface area contributed by atoms with E-state index in [1.54, 1.807) is 0 Å². The van der Waals surface area contributed by atoms with Gasteiger partial charge in [0, 0.05) is 9.43 Å². The van der Waals surface area contributed by atoms with Crippen LogP contribution in [-0.4, -0.2) is 8.07 Å². The average Bonchev–Trinajstić information content (AvgIpc) is 2.33. The average molecular weight is 290 g/mol. The van der Waals surface area contributed by atoms with Crippen molar-refractivity contribution in [3.05, 3.63) is 40.4 Å². The van der Waals surface area contributed by atoms with E-state index in [0.717, 1.165) is 26.8 Å². The molecule has 0 saturated carbocycles. The molecule has 0 bridgehead atoms. The van der Waals surface area contributed by atoms with Crippen LogP contribution in [-0.2, 0) is 0 Å². The molecule has 2 nitrogen and oxygen atoms in total. The maximum atomic E-state index is 8.98. The van der Waals surface area contributed by atoms with Gasteiger partial charge in [0.05, 0.1) is 8.07 Å². The highest BCUT2D eigenvalue weighted by Crippen LogP contribution is 2.39. The standard InChI is InChI=1S/C13H14N2S2Si/c1-18(2,3)13(17-10-15)12(16-9-14)11-7-5-4-6-8-11/h4-8H,1-3H3/b13-12-. The molecule has 0 radical (unpaired) electrons. The fourth-order valence-corrected chi connectivity index (χ4v) is 5.71. The van der Waals surface area contributed by atoms with E-state index in [9.17, 15) is 0 Å². The maximum Gasteiger partial charge on any atom is 0.138 e. The Morgan fingerprint density at radius 2 is 1.56 bits per heavy atom. The summed E-state index contributed by atoms with van der Waals surface area (Å²) in [4.78, 5) is 0.934. The van der Waals surface area contributed by atoms with Crippen LogP contribution in [0.25, 0.3) is 4.91 Å². The van der Waals surface area contributed by atoms with Crippen LogP contribution in [0, 0.1) is 21.3 Å². The zero-order chi connectivity index (χ0) is 13.6. The summed E-state index contributed by atoms with van der Waals surface area (Å²) in [7, 11) is -1.64. The molecule has 0 aliphatic carbocycles. The summed E-state index contributed by atoms with van der Waals surface area (Å²) in [5.74, 6) is 0. The Bertz CT molecular complexity index is 519. The highest BCUT2D eigenvalue weighted by Gasteiger charge is 2.25. The van der Waals surface area contributed by atoms with Gasteiger partial charge in [-0.2, -0.15) is 10.5 Å². The summed E-state index contributed by atoms with van der Waals surface area (Å²) in [6.45, 7) is 6.56. The van der Waals surface area contributed by atoms with Gasteiger partial charge in [0.15, 0.2) is 0 Å². The molecule has 1 aromatic carbocycles. The molecule has 0 unspecified atom stereocenters. The van der Waals surface area contributed by atoms with Gasteiger partial charge in [-0.05, 0) is 29.1 Å². The van der Waals surface area contributed by atoms with E-state index >= 15 is 0 Å². The minimum atomic E-state index is -1.64. The third-order valence-corrected chi connectivity index (χ3v) is 7.52. The molecule has 0 aliphatic heterocycles. The summed E-state index contributed by atoms with van der Waals surface area (Å²) < 4.78 is 1.07. The van der Waals surface area contributed by atoms with Crippen LogP contribution in [0.4, 0.5) is 0 Å². The molecule has 1 aromatic rings. The second kappa shape index (κ2) is 6.70. The predicted octanol–water partition coefficient (Wildman–Crippen LogP) is 4.66. The SMILES string of the molecule is C[Si](C)(C)/C(SC#N)=C(\SC#N)c1ccccc1. The molecule has 0 N–H and O–H groups in total. The van der Waals surface area contributed by atoms with E-state index in [4.69, 9.17) is 10.5 Å². The zero-order valence-electron chi connectivity index (χ0n) is 10.6. The summed E-state index contributed by atoms with van der Waals surface area (Å²) in [5, 5.41) is 22.2. The highest BCUT2D eigenvalue weighted by atomic mass is 32.2. The smallest absolute Gasteiger partial charge is 0.138 e. The van der Waals surface area contributed by atoms with Gasteiger partial charge in [-0.25, -0.2) is 0 Å². The van der Waals surface area contributed by atoms with Crippen molar-refractivity contribution in [3.8, 4) is 10.8 Å². The Labute approximate surface area is 118 Å². The molecule has 0 saturated heterocycles. The van der Waals surface area contributed by atoms with Gasteiger partial charge in [-0.15, -0.1) is 0 Å². The molecule has 0 atom stereocenters. The Hall–Kier alpha value is -1.14. The second-order valence-electron chi connectivity index (χ2n) is 4.66. The maximum absolute atomic E-state index is 8.98. The summed E-state index contributed by atoms with van der Waals surface area (Å²) in [6.07, 6.45) is 0. The first-order valence-electron chi connectivity index (χ1n) is 5.42. The van der Waals surface area contributed by atoms with E-state index in [-0.39, 0.29) is 0 Å². The fraction of sp³-hybridized carbons (Fsp3) is 0.231. The first-order valence-corrected chi connectivity index (χ1v) is 10.6. The van der Waals surface area contributed by atoms with E-state index < -0.39 is 8.07 Å². The largest absolute Gasteiger partial charge is 0.185 e. The van der Waals surface area contributed by atoms with Gasteiger partial charge in [-0.1, -0.05) is 50.0 Å². The van der Waals surface area contributed by atoms with Crippen molar-refractivity contribution in [1.29, 1.82) is 10.5 Å². The van der Waals surface area contributed by atoms with Gasteiger partial charge in [-0.3, -0.25) is 0 Å². The highest BCUT2D eigenvalue weighted by molar-refractivity contribution is 8.15. The van der Waals surface area contributed by atoms with Crippen molar-refractivity contribution in [2.45, 2.75) is 19.6 Å². The quantitative estimate of drug-likeness (QED) is 0.597. The predicted molar refractivity (Wildman–Crippen MR) is 83.1 cm³/mol. The third-order valence-electron chi connectivity index (χ3n) is 2.22. The second-order valence-corrected chi connectivity index (χ2v) is 11.6. The summed E-state index contributed by atoms with van der Waals surface area (Å²) in [5.41, 5.74) is 1.02. The van der Waals surface area contributed by atoms with Gasteiger partial charge in [0.2, 0.25) is 0 Å². The van der Waals surface area contributed by atoms with E-state index in [1.165, 1.54) is 11.8 Å². The molecule has 1 rings (SSSR count). The lowest BCUT2D eigenvalue weighted by Gasteiger charge is -2.21. The number of thioether (sulfide) groups is 2. The first-order chi connectivity index (χ1) is 8.50. The lowest BCUT2D eigenvalue weighted by Crippen LogP contribution is -2.22.